The zero-order chi connectivity index (χ0) is 22.8. The minimum Gasteiger partial charge on any atom is -0.507 e. The van der Waals surface area contributed by atoms with Crippen molar-refractivity contribution in [3.63, 3.8) is 0 Å². The van der Waals surface area contributed by atoms with Gasteiger partial charge in [-0.05, 0) is 67.1 Å². The fourth-order valence-corrected chi connectivity index (χ4v) is 3.85. The van der Waals surface area contributed by atoms with Crippen LogP contribution in [0.25, 0.3) is 16.5 Å². The Morgan fingerprint density at radius 3 is 2.31 bits per heavy atom. The van der Waals surface area contributed by atoms with Crippen molar-refractivity contribution in [1.29, 1.82) is 0 Å². The average Bonchev–Trinajstić information content (AvgIpc) is 3.06. The van der Waals surface area contributed by atoms with Crippen LogP contribution in [0.2, 0.25) is 0 Å². The zero-order valence-corrected chi connectivity index (χ0v) is 18.6. The lowest BCUT2D eigenvalue weighted by Crippen LogP contribution is -2.17. The first-order chi connectivity index (χ1) is 15.3. The molecule has 4 rings (SSSR count). The van der Waals surface area contributed by atoms with Gasteiger partial charge in [0.25, 0.3) is 5.91 Å². The molecule has 0 radical (unpaired) electrons. The molecule has 0 aliphatic carbocycles. The van der Waals surface area contributed by atoms with Gasteiger partial charge in [-0.1, -0.05) is 24.3 Å². The number of hydrogen-bond acceptors (Lipinski definition) is 4. The molecule has 0 spiro atoms. The molecule has 3 aromatic carbocycles. The molecule has 0 unspecified atom stereocenters. The molecule has 4 aromatic rings. The van der Waals surface area contributed by atoms with Crippen molar-refractivity contribution in [2.45, 2.75) is 13.8 Å². The van der Waals surface area contributed by atoms with E-state index in [1.54, 1.807) is 18.3 Å². The number of rotatable bonds is 5. The number of fused-ring (bicyclic) bond motifs is 1. The van der Waals surface area contributed by atoms with Crippen LogP contribution in [-0.2, 0) is 0 Å². The van der Waals surface area contributed by atoms with Crippen LogP contribution in [0, 0.1) is 13.8 Å². The van der Waals surface area contributed by atoms with Gasteiger partial charge >= 0.3 is 0 Å². The van der Waals surface area contributed by atoms with E-state index in [9.17, 15) is 9.90 Å². The molecule has 32 heavy (non-hydrogen) atoms. The second-order valence-electron chi connectivity index (χ2n) is 7.99. The van der Waals surface area contributed by atoms with Crippen LogP contribution in [0.4, 0.5) is 5.69 Å². The topological polar surface area (TPSA) is 69.9 Å². The molecule has 0 bridgehead atoms. The number of benzene rings is 3. The van der Waals surface area contributed by atoms with E-state index >= 15 is 0 Å². The van der Waals surface area contributed by atoms with Crippen LogP contribution in [0.5, 0.6) is 5.75 Å². The summed E-state index contributed by atoms with van der Waals surface area (Å²) in [6, 6.07) is 21.2. The first kappa shape index (κ1) is 21.2. The van der Waals surface area contributed by atoms with Crippen LogP contribution < -0.4 is 10.3 Å². The van der Waals surface area contributed by atoms with Crippen molar-refractivity contribution >= 4 is 28.6 Å². The van der Waals surface area contributed by atoms with Crippen molar-refractivity contribution in [1.82, 2.24) is 9.99 Å². The van der Waals surface area contributed by atoms with Gasteiger partial charge in [0.2, 0.25) is 0 Å². The molecule has 1 aromatic heterocycles. The first-order valence-corrected chi connectivity index (χ1v) is 10.4. The van der Waals surface area contributed by atoms with Crippen molar-refractivity contribution in [3.8, 4) is 11.4 Å². The van der Waals surface area contributed by atoms with Crippen molar-refractivity contribution in [3.05, 3.63) is 89.2 Å². The monoisotopic (exact) mass is 426 g/mol. The highest BCUT2D eigenvalue weighted by Gasteiger charge is 2.13. The van der Waals surface area contributed by atoms with Gasteiger partial charge in [0.05, 0.1) is 11.8 Å². The van der Waals surface area contributed by atoms with E-state index in [4.69, 9.17) is 0 Å². The standard InChI is InChI=1S/C26H26N4O2/c1-17-13-21(18(2)30(17)23-11-9-22(10-12-23)29(3)4)16-27-28-26(32)24-14-19-7-5-6-8-20(19)15-25(24)31/h5-16,31H,1-4H3,(H,28,32). The Labute approximate surface area is 187 Å². The molecular weight excluding hydrogens is 400 g/mol. The summed E-state index contributed by atoms with van der Waals surface area (Å²) in [5.74, 6) is -0.534. The number of hydrazone groups is 1. The Morgan fingerprint density at radius 1 is 1.00 bits per heavy atom. The largest absolute Gasteiger partial charge is 0.507 e. The van der Waals surface area contributed by atoms with Gasteiger partial charge in [-0.15, -0.1) is 0 Å². The molecule has 0 fully saturated rings. The van der Waals surface area contributed by atoms with E-state index in [0.29, 0.717) is 0 Å². The predicted octanol–water partition coefficient (Wildman–Crippen LogP) is 4.78. The maximum atomic E-state index is 12.6. The number of aromatic hydroxyl groups is 1. The zero-order valence-electron chi connectivity index (χ0n) is 18.6. The Kier molecular flexibility index (Phi) is 5.69. The maximum absolute atomic E-state index is 12.6. The third kappa shape index (κ3) is 4.07. The summed E-state index contributed by atoms with van der Waals surface area (Å²) < 4.78 is 2.15. The molecule has 6 heteroatoms. The molecule has 0 aliphatic heterocycles. The summed E-state index contributed by atoms with van der Waals surface area (Å²) >= 11 is 0. The molecule has 1 heterocycles. The summed E-state index contributed by atoms with van der Waals surface area (Å²) in [5.41, 5.74) is 7.91. The minimum atomic E-state index is -0.461. The Bertz CT molecular complexity index is 1320. The fourth-order valence-electron chi connectivity index (χ4n) is 3.85. The first-order valence-electron chi connectivity index (χ1n) is 10.4. The van der Waals surface area contributed by atoms with Crippen molar-refractivity contribution in [2.75, 3.05) is 19.0 Å². The van der Waals surface area contributed by atoms with Crippen molar-refractivity contribution in [2.24, 2.45) is 5.10 Å². The molecule has 2 N–H and O–H groups in total. The molecular formula is C26H26N4O2. The predicted molar refractivity (Wildman–Crippen MR) is 130 cm³/mol. The number of nitrogens with zero attached hydrogens (tertiary/aromatic N) is 3. The van der Waals surface area contributed by atoms with Gasteiger partial charge in [-0.25, -0.2) is 5.43 Å². The van der Waals surface area contributed by atoms with Gasteiger partial charge < -0.3 is 14.6 Å². The lowest BCUT2D eigenvalue weighted by Gasteiger charge is -2.14. The Hall–Kier alpha value is -4.06. The number of amides is 1. The molecule has 6 nitrogen and oxygen atoms in total. The van der Waals surface area contributed by atoms with E-state index in [2.05, 4.69) is 44.3 Å². The normalized spacial score (nSPS) is 11.2. The van der Waals surface area contributed by atoms with Crippen molar-refractivity contribution < 1.29 is 9.90 Å². The van der Waals surface area contributed by atoms with E-state index < -0.39 is 5.91 Å². The number of phenols is 1. The summed E-state index contributed by atoms with van der Waals surface area (Å²) in [4.78, 5) is 14.6. The number of hydrogen-bond donors (Lipinski definition) is 2. The van der Waals surface area contributed by atoms with Gasteiger partial charge in [0.15, 0.2) is 0 Å². The lowest BCUT2D eigenvalue weighted by atomic mass is 10.1. The van der Waals surface area contributed by atoms with Crippen LogP contribution in [0.15, 0.2) is 71.8 Å². The highest BCUT2D eigenvalue weighted by Crippen LogP contribution is 2.25. The third-order valence-corrected chi connectivity index (χ3v) is 5.57. The highest BCUT2D eigenvalue weighted by atomic mass is 16.3. The SMILES string of the molecule is Cc1cc(C=NNC(=O)c2cc3ccccc3cc2O)c(C)n1-c1ccc(N(C)C)cc1. The number of phenolic OH excluding ortho intramolecular Hbond substituents is 1. The van der Waals surface area contributed by atoms with E-state index in [-0.39, 0.29) is 11.3 Å². The summed E-state index contributed by atoms with van der Waals surface area (Å²) in [7, 11) is 4.03. The van der Waals surface area contributed by atoms with Crippen LogP contribution in [0.3, 0.4) is 0 Å². The number of aromatic nitrogens is 1. The number of aryl methyl sites for hydroxylation is 1. The molecule has 0 atom stereocenters. The van der Waals surface area contributed by atoms with E-state index in [0.717, 1.165) is 39.1 Å². The molecule has 1 amide bonds. The summed E-state index contributed by atoms with van der Waals surface area (Å²) in [6.07, 6.45) is 1.63. The lowest BCUT2D eigenvalue weighted by molar-refractivity contribution is 0.0952. The van der Waals surface area contributed by atoms with Crippen LogP contribution >= 0.6 is 0 Å². The molecule has 162 valence electrons. The maximum Gasteiger partial charge on any atom is 0.275 e. The number of nitrogens with one attached hydrogen (secondary N) is 1. The second-order valence-corrected chi connectivity index (χ2v) is 7.99. The number of anilines is 1. The van der Waals surface area contributed by atoms with E-state index in [1.165, 1.54) is 0 Å². The summed E-state index contributed by atoms with van der Waals surface area (Å²) in [6.45, 7) is 4.06. The average molecular weight is 427 g/mol. The second kappa shape index (κ2) is 8.59. The van der Waals surface area contributed by atoms with Gasteiger partial charge in [0, 0.05) is 42.4 Å². The Balaban J connectivity index is 1.54. The molecule has 0 aliphatic rings. The smallest absolute Gasteiger partial charge is 0.275 e. The fraction of sp³-hybridized carbons (Fsp3) is 0.154. The molecule has 0 saturated carbocycles. The number of carbonyl (C=O) groups excluding carboxylic acids is 1. The van der Waals surface area contributed by atoms with Gasteiger partial charge in [0.1, 0.15) is 5.75 Å². The summed E-state index contributed by atoms with van der Waals surface area (Å²) in [5, 5.41) is 16.1. The highest BCUT2D eigenvalue weighted by molar-refractivity contribution is 6.01. The Morgan fingerprint density at radius 2 is 1.66 bits per heavy atom. The third-order valence-electron chi connectivity index (χ3n) is 5.57. The molecule has 0 saturated heterocycles. The minimum absolute atomic E-state index is 0.0734. The van der Waals surface area contributed by atoms with E-state index in [1.807, 2.05) is 58.3 Å². The quantitative estimate of drug-likeness (QED) is 0.356. The van der Waals surface area contributed by atoms with Gasteiger partial charge in [-0.2, -0.15) is 5.10 Å². The van der Waals surface area contributed by atoms with Crippen LogP contribution in [-0.4, -0.2) is 35.9 Å². The van der Waals surface area contributed by atoms with Gasteiger partial charge in [-0.3, -0.25) is 4.79 Å². The number of carbonyl (C=O) groups is 1. The van der Waals surface area contributed by atoms with Crippen LogP contribution in [0.1, 0.15) is 27.3 Å².